The molecule has 0 aliphatic carbocycles. The maximum Gasteiger partial charge on any atom is 0.225 e. The lowest BCUT2D eigenvalue weighted by atomic mass is 9.83. The van der Waals surface area contributed by atoms with E-state index in [-0.39, 0.29) is 38.6 Å². The minimum absolute atomic E-state index is 0.0343. The van der Waals surface area contributed by atoms with Crippen LogP contribution in [0.5, 0.6) is 5.75 Å². The number of methoxy groups -OCH3 is 1. The number of fused-ring (bicyclic) bond motifs is 2. The minimum atomic E-state index is -2.79. The van der Waals surface area contributed by atoms with Gasteiger partial charge in [0.25, 0.3) is 0 Å². The van der Waals surface area contributed by atoms with E-state index >= 15 is 0 Å². The first-order valence-corrected chi connectivity index (χ1v) is 17.1. The summed E-state index contributed by atoms with van der Waals surface area (Å²) in [6.07, 6.45) is -2.37. The Labute approximate surface area is 306 Å². The monoisotopic (exact) mass is 713 g/mol. The van der Waals surface area contributed by atoms with E-state index in [4.69, 9.17) is 44.1 Å². The first-order chi connectivity index (χ1) is 26.1. The van der Waals surface area contributed by atoms with Gasteiger partial charge in [-0.2, -0.15) is 0 Å². The molecule has 0 unspecified atom stereocenters. The highest BCUT2D eigenvalue weighted by Gasteiger charge is 2.69. The molecule has 5 atom stereocenters. The van der Waals surface area contributed by atoms with Gasteiger partial charge < -0.3 is 33.5 Å². The molecule has 264 valence electrons. The molecule has 1 N–H and O–H groups in total. The van der Waals surface area contributed by atoms with Crippen LogP contribution < -0.4 is 4.74 Å². The molecule has 9 heteroatoms. The standard InChI is InChI=1S/C42H40ClFO7/c1-46-37-20-17-32(22-36(37)44)21-33-23-34(18-19-35(33)43)42-40(49-26-31-15-9-4-10-16-31)38(47-24-29-11-5-2-6-12-29)39(41(27-45,51-42)28-50-42)48-25-30-13-7-3-8-14-30/h2-20,22-23,38-40,45H,21,24-28H2,1H3/t38-,39-,40+,41+,42+/m0/s1/i1D3. The predicted octanol–water partition coefficient (Wildman–Crippen LogP) is 7.78. The second-order valence-corrected chi connectivity index (χ2v) is 13.2. The number of aliphatic hydroxyl groups is 1. The Balaban J connectivity index is 1.28. The summed E-state index contributed by atoms with van der Waals surface area (Å²) in [5, 5.41) is 11.5. The van der Waals surface area contributed by atoms with Gasteiger partial charge in [0.2, 0.25) is 5.79 Å². The summed E-state index contributed by atoms with van der Waals surface area (Å²) in [5.41, 5.74) is 3.13. The molecule has 0 spiro atoms. The Bertz CT molecular complexity index is 2010. The Morgan fingerprint density at radius 1 is 0.765 bits per heavy atom. The summed E-state index contributed by atoms with van der Waals surface area (Å²) in [6.45, 7) is 0.159. The molecule has 2 fully saturated rings. The second-order valence-electron chi connectivity index (χ2n) is 12.8. The van der Waals surface area contributed by atoms with Crippen molar-refractivity contribution in [3.8, 4) is 5.75 Å². The van der Waals surface area contributed by atoms with E-state index in [0.717, 1.165) is 16.7 Å². The third kappa shape index (κ3) is 7.45. The van der Waals surface area contributed by atoms with Crippen LogP contribution in [0.25, 0.3) is 0 Å². The highest BCUT2D eigenvalue weighted by molar-refractivity contribution is 6.31. The van der Waals surface area contributed by atoms with Gasteiger partial charge in [-0.3, -0.25) is 0 Å². The largest absolute Gasteiger partial charge is 0.494 e. The molecule has 51 heavy (non-hydrogen) atoms. The van der Waals surface area contributed by atoms with Gasteiger partial charge in [0.1, 0.15) is 23.9 Å². The van der Waals surface area contributed by atoms with Crippen LogP contribution in [0.15, 0.2) is 127 Å². The normalized spacial score (nSPS) is 25.2. The van der Waals surface area contributed by atoms with Gasteiger partial charge in [-0.05, 0) is 58.5 Å². The summed E-state index contributed by atoms with van der Waals surface area (Å²) in [7, 11) is -2.79. The molecule has 0 radical (unpaired) electrons. The lowest BCUT2D eigenvalue weighted by molar-refractivity contribution is -0.353. The van der Waals surface area contributed by atoms with Crippen LogP contribution in [0.1, 0.15) is 37.5 Å². The van der Waals surface area contributed by atoms with Gasteiger partial charge in [0, 0.05) is 10.6 Å². The average molecular weight is 714 g/mol. The number of benzene rings is 5. The summed E-state index contributed by atoms with van der Waals surface area (Å²) >= 11 is 6.75. The smallest absolute Gasteiger partial charge is 0.225 e. The third-order valence-electron chi connectivity index (χ3n) is 9.42. The highest BCUT2D eigenvalue weighted by atomic mass is 35.5. The van der Waals surface area contributed by atoms with E-state index < -0.39 is 49.2 Å². The maximum atomic E-state index is 15.0. The SMILES string of the molecule is [2H]C([2H])([2H])Oc1ccc(Cc2cc([C@@]34OC[C@@](CO)(O3)[C@@H](OCc3ccccc3)[C@H](OCc3ccccc3)[C@H]4OCc3ccccc3)ccc2Cl)cc1F. The third-order valence-corrected chi connectivity index (χ3v) is 9.79. The van der Waals surface area contributed by atoms with Crippen molar-refractivity contribution in [2.75, 3.05) is 20.3 Å². The number of hydrogen-bond donors (Lipinski definition) is 1. The fraction of sp³-hybridized carbons (Fsp3) is 0.286. The molecule has 5 aromatic rings. The van der Waals surface area contributed by atoms with Crippen LogP contribution >= 0.6 is 11.6 Å². The second kappa shape index (κ2) is 15.6. The summed E-state index contributed by atoms with van der Waals surface area (Å²) in [5.74, 6) is -2.78. The van der Waals surface area contributed by atoms with Crippen LogP contribution in [0.4, 0.5) is 4.39 Å². The summed E-state index contributed by atoms with van der Waals surface area (Å²) in [6, 6.07) is 38.6. The molecule has 0 saturated carbocycles. The van der Waals surface area contributed by atoms with Crippen molar-refractivity contribution in [1.29, 1.82) is 0 Å². The molecule has 2 heterocycles. The van der Waals surface area contributed by atoms with Gasteiger partial charge in [0.15, 0.2) is 11.6 Å². The Hall–Kier alpha value is -4.12. The van der Waals surface area contributed by atoms with Gasteiger partial charge >= 0.3 is 0 Å². The van der Waals surface area contributed by atoms with E-state index in [1.54, 1.807) is 18.2 Å². The molecule has 7 rings (SSSR count). The average Bonchev–Trinajstić information content (AvgIpc) is 3.53. The van der Waals surface area contributed by atoms with Crippen LogP contribution in [-0.4, -0.2) is 49.3 Å². The van der Waals surface area contributed by atoms with Crippen molar-refractivity contribution in [3.05, 3.63) is 172 Å². The van der Waals surface area contributed by atoms with Crippen LogP contribution in [0.2, 0.25) is 5.02 Å². The molecule has 2 aliphatic heterocycles. The highest BCUT2D eigenvalue weighted by Crippen LogP contribution is 2.53. The Morgan fingerprint density at radius 3 is 1.96 bits per heavy atom. The van der Waals surface area contributed by atoms with Crippen molar-refractivity contribution < 1.29 is 42.0 Å². The van der Waals surface area contributed by atoms with E-state index in [9.17, 15) is 9.50 Å². The maximum absolute atomic E-state index is 15.0. The fourth-order valence-corrected chi connectivity index (χ4v) is 7.00. The van der Waals surface area contributed by atoms with Crippen molar-refractivity contribution >= 4 is 11.6 Å². The van der Waals surface area contributed by atoms with E-state index in [2.05, 4.69) is 0 Å². The molecule has 2 bridgehead atoms. The topological polar surface area (TPSA) is 75.6 Å². The van der Waals surface area contributed by atoms with Gasteiger partial charge in [-0.25, -0.2) is 4.39 Å². The van der Waals surface area contributed by atoms with Crippen molar-refractivity contribution in [2.45, 2.75) is 55.9 Å². The first-order valence-electron chi connectivity index (χ1n) is 18.3. The van der Waals surface area contributed by atoms with Gasteiger partial charge in [-0.15, -0.1) is 0 Å². The number of aliphatic hydroxyl groups excluding tert-OH is 1. The molecule has 2 saturated heterocycles. The molecule has 5 aromatic carbocycles. The predicted molar refractivity (Wildman–Crippen MR) is 191 cm³/mol. The minimum Gasteiger partial charge on any atom is -0.494 e. The van der Waals surface area contributed by atoms with Gasteiger partial charge in [-0.1, -0.05) is 115 Å². The lowest BCUT2D eigenvalue weighted by Gasteiger charge is -2.50. The Morgan fingerprint density at radius 2 is 1.37 bits per heavy atom. The lowest BCUT2D eigenvalue weighted by Crippen LogP contribution is -2.67. The van der Waals surface area contributed by atoms with Crippen molar-refractivity contribution in [3.63, 3.8) is 0 Å². The molecular formula is C42H40ClFO7. The van der Waals surface area contributed by atoms with Gasteiger partial charge in [0.05, 0.1) is 44.2 Å². The molecule has 0 aromatic heterocycles. The van der Waals surface area contributed by atoms with E-state index in [0.29, 0.717) is 21.7 Å². The molecule has 7 nitrogen and oxygen atoms in total. The van der Waals surface area contributed by atoms with E-state index in [1.807, 2.05) is 97.1 Å². The van der Waals surface area contributed by atoms with Crippen LogP contribution in [-0.2, 0) is 55.7 Å². The number of halogens is 2. The quantitative estimate of drug-likeness (QED) is 0.126. The molecule has 2 aliphatic rings. The zero-order valence-electron chi connectivity index (χ0n) is 30.8. The fourth-order valence-electron chi connectivity index (χ4n) is 6.82. The number of hydrogen-bond acceptors (Lipinski definition) is 7. The summed E-state index contributed by atoms with van der Waals surface area (Å²) in [4.78, 5) is 0. The van der Waals surface area contributed by atoms with Crippen molar-refractivity contribution in [1.82, 2.24) is 0 Å². The molecule has 0 amide bonds. The Kier molecular flexibility index (Phi) is 9.69. The van der Waals surface area contributed by atoms with E-state index in [1.165, 1.54) is 12.1 Å². The van der Waals surface area contributed by atoms with Crippen LogP contribution in [0, 0.1) is 5.82 Å². The first kappa shape index (κ1) is 31.6. The molecular weight excluding hydrogens is 671 g/mol. The zero-order valence-corrected chi connectivity index (χ0v) is 28.5. The van der Waals surface area contributed by atoms with Crippen molar-refractivity contribution in [2.24, 2.45) is 0 Å². The number of ether oxygens (including phenoxy) is 6. The summed E-state index contributed by atoms with van der Waals surface area (Å²) < 4.78 is 75.7. The zero-order chi connectivity index (χ0) is 37.8. The number of rotatable bonds is 14. The van der Waals surface area contributed by atoms with Crippen LogP contribution in [0.3, 0.4) is 0 Å².